The molecule has 3 nitrogen and oxygen atoms in total. The van der Waals surface area contributed by atoms with Gasteiger partial charge in [0.15, 0.2) is 0 Å². The van der Waals surface area contributed by atoms with Gasteiger partial charge in [0.25, 0.3) is 5.91 Å². The standard InChI is InChI=1S/C16H14Cl2N2O/c17-10-6-7-13(18)15(9-10)20-16(21)12-3-1-5-14-11(12)4-2-8-19-14/h1,3,5-7,9,19H,2,4,8H2,(H,20,21). The second-order valence-electron chi connectivity index (χ2n) is 4.94. The lowest BCUT2D eigenvalue weighted by molar-refractivity contribution is 0.102. The van der Waals surface area contributed by atoms with Crippen LogP contribution in [-0.4, -0.2) is 12.5 Å². The maximum Gasteiger partial charge on any atom is 0.256 e. The van der Waals surface area contributed by atoms with Crippen LogP contribution >= 0.6 is 23.2 Å². The number of fused-ring (bicyclic) bond motifs is 1. The van der Waals surface area contributed by atoms with Crippen molar-refractivity contribution in [3.8, 4) is 0 Å². The summed E-state index contributed by atoms with van der Waals surface area (Å²) in [7, 11) is 0. The molecule has 0 fully saturated rings. The molecule has 5 heteroatoms. The summed E-state index contributed by atoms with van der Waals surface area (Å²) in [6.07, 6.45) is 1.92. The molecule has 1 heterocycles. The molecular weight excluding hydrogens is 307 g/mol. The zero-order chi connectivity index (χ0) is 14.8. The molecule has 0 radical (unpaired) electrons. The Hall–Kier alpha value is -1.71. The maximum absolute atomic E-state index is 12.5. The Morgan fingerprint density at radius 2 is 2.05 bits per heavy atom. The Balaban J connectivity index is 1.91. The van der Waals surface area contributed by atoms with E-state index in [4.69, 9.17) is 23.2 Å². The van der Waals surface area contributed by atoms with Gasteiger partial charge in [0.05, 0.1) is 10.7 Å². The largest absolute Gasteiger partial charge is 0.385 e. The summed E-state index contributed by atoms with van der Waals surface area (Å²) < 4.78 is 0. The molecule has 2 N–H and O–H groups in total. The number of halogens is 2. The number of hydrogen-bond donors (Lipinski definition) is 2. The van der Waals surface area contributed by atoms with Gasteiger partial charge in [0.1, 0.15) is 0 Å². The predicted molar refractivity (Wildman–Crippen MR) is 87.7 cm³/mol. The second kappa shape index (κ2) is 5.96. The number of amides is 1. The number of rotatable bonds is 2. The smallest absolute Gasteiger partial charge is 0.256 e. The number of benzene rings is 2. The Morgan fingerprint density at radius 3 is 2.90 bits per heavy atom. The van der Waals surface area contributed by atoms with Crippen molar-refractivity contribution in [2.24, 2.45) is 0 Å². The topological polar surface area (TPSA) is 41.1 Å². The van der Waals surface area contributed by atoms with Crippen molar-refractivity contribution in [3.05, 3.63) is 57.6 Å². The fourth-order valence-electron chi connectivity index (χ4n) is 2.51. The van der Waals surface area contributed by atoms with E-state index in [1.807, 2.05) is 18.2 Å². The van der Waals surface area contributed by atoms with Gasteiger partial charge in [-0.3, -0.25) is 4.79 Å². The summed E-state index contributed by atoms with van der Waals surface area (Å²) in [5, 5.41) is 7.15. The molecule has 0 atom stereocenters. The molecule has 0 aromatic heterocycles. The third-order valence-corrected chi connectivity index (χ3v) is 4.08. The van der Waals surface area contributed by atoms with E-state index in [-0.39, 0.29) is 5.91 Å². The van der Waals surface area contributed by atoms with Gasteiger partial charge in [0.2, 0.25) is 0 Å². The maximum atomic E-state index is 12.5. The molecular formula is C16H14Cl2N2O. The summed E-state index contributed by atoms with van der Waals surface area (Å²) in [5.74, 6) is -0.167. The first-order valence-electron chi connectivity index (χ1n) is 6.77. The van der Waals surface area contributed by atoms with Crippen LogP contribution in [0.1, 0.15) is 22.3 Å². The fraction of sp³-hybridized carbons (Fsp3) is 0.188. The molecule has 2 aromatic carbocycles. The molecule has 1 aliphatic rings. The van der Waals surface area contributed by atoms with E-state index >= 15 is 0 Å². The molecule has 108 valence electrons. The molecule has 0 saturated carbocycles. The molecule has 0 bridgehead atoms. The molecule has 21 heavy (non-hydrogen) atoms. The fourth-order valence-corrected chi connectivity index (χ4v) is 2.84. The monoisotopic (exact) mass is 320 g/mol. The summed E-state index contributed by atoms with van der Waals surface area (Å²) >= 11 is 12.0. The third-order valence-electron chi connectivity index (χ3n) is 3.52. The normalized spacial score (nSPS) is 13.2. The molecule has 0 saturated heterocycles. The highest BCUT2D eigenvalue weighted by Crippen LogP contribution is 2.28. The average Bonchev–Trinajstić information content (AvgIpc) is 2.50. The third kappa shape index (κ3) is 2.99. The molecule has 1 amide bonds. The van der Waals surface area contributed by atoms with Crippen molar-refractivity contribution in [3.63, 3.8) is 0 Å². The van der Waals surface area contributed by atoms with Gasteiger partial charge < -0.3 is 10.6 Å². The molecule has 0 spiro atoms. The highest BCUT2D eigenvalue weighted by molar-refractivity contribution is 6.35. The van der Waals surface area contributed by atoms with Gasteiger partial charge >= 0.3 is 0 Å². The lowest BCUT2D eigenvalue weighted by Gasteiger charge is -2.20. The van der Waals surface area contributed by atoms with Crippen molar-refractivity contribution in [1.29, 1.82) is 0 Å². The van der Waals surface area contributed by atoms with E-state index in [0.717, 1.165) is 30.6 Å². The molecule has 0 aliphatic carbocycles. The predicted octanol–water partition coefficient (Wildman–Crippen LogP) is 4.60. The van der Waals surface area contributed by atoms with Crippen LogP contribution in [0.5, 0.6) is 0 Å². The van der Waals surface area contributed by atoms with Crippen LogP contribution in [0.2, 0.25) is 10.0 Å². The van der Waals surface area contributed by atoms with Crippen molar-refractivity contribution in [2.45, 2.75) is 12.8 Å². The highest BCUT2D eigenvalue weighted by atomic mass is 35.5. The highest BCUT2D eigenvalue weighted by Gasteiger charge is 2.18. The van der Waals surface area contributed by atoms with Crippen molar-refractivity contribution in [2.75, 3.05) is 17.2 Å². The van der Waals surface area contributed by atoms with Gasteiger partial charge in [-0.15, -0.1) is 0 Å². The Labute approximate surface area is 133 Å². The lowest BCUT2D eigenvalue weighted by atomic mass is 9.97. The first kappa shape index (κ1) is 14.2. The van der Waals surface area contributed by atoms with Crippen LogP contribution in [0.4, 0.5) is 11.4 Å². The number of nitrogens with one attached hydrogen (secondary N) is 2. The summed E-state index contributed by atoms with van der Waals surface area (Å²) in [6.45, 7) is 0.943. The number of carbonyl (C=O) groups excluding carboxylic acids is 1. The average molecular weight is 321 g/mol. The first-order chi connectivity index (χ1) is 10.1. The summed E-state index contributed by atoms with van der Waals surface area (Å²) in [5.41, 5.74) is 3.29. The molecule has 2 aromatic rings. The molecule has 3 rings (SSSR count). The minimum Gasteiger partial charge on any atom is -0.385 e. The van der Waals surface area contributed by atoms with E-state index in [0.29, 0.717) is 21.3 Å². The van der Waals surface area contributed by atoms with Gasteiger partial charge in [-0.25, -0.2) is 0 Å². The Morgan fingerprint density at radius 1 is 1.19 bits per heavy atom. The van der Waals surface area contributed by atoms with Crippen LogP contribution in [0.25, 0.3) is 0 Å². The van der Waals surface area contributed by atoms with Crippen molar-refractivity contribution < 1.29 is 4.79 Å². The van der Waals surface area contributed by atoms with E-state index in [2.05, 4.69) is 10.6 Å². The lowest BCUT2D eigenvalue weighted by Crippen LogP contribution is -2.19. The Bertz CT molecular complexity index is 701. The van der Waals surface area contributed by atoms with Gasteiger partial charge in [-0.05, 0) is 48.7 Å². The van der Waals surface area contributed by atoms with Gasteiger partial charge in [0, 0.05) is 22.8 Å². The molecule has 1 aliphatic heterocycles. The van der Waals surface area contributed by atoms with Crippen LogP contribution in [0.3, 0.4) is 0 Å². The van der Waals surface area contributed by atoms with Crippen LogP contribution in [0.15, 0.2) is 36.4 Å². The van der Waals surface area contributed by atoms with Crippen LogP contribution < -0.4 is 10.6 Å². The minimum absolute atomic E-state index is 0.167. The zero-order valence-electron chi connectivity index (χ0n) is 11.2. The van der Waals surface area contributed by atoms with Crippen molar-refractivity contribution in [1.82, 2.24) is 0 Å². The SMILES string of the molecule is O=C(Nc1cc(Cl)ccc1Cl)c1cccc2c1CCCN2. The van der Waals surface area contributed by atoms with E-state index in [1.165, 1.54) is 0 Å². The van der Waals surface area contributed by atoms with E-state index in [1.54, 1.807) is 18.2 Å². The van der Waals surface area contributed by atoms with Crippen LogP contribution in [-0.2, 0) is 6.42 Å². The second-order valence-corrected chi connectivity index (χ2v) is 5.78. The first-order valence-corrected chi connectivity index (χ1v) is 7.53. The van der Waals surface area contributed by atoms with Gasteiger partial charge in [-0.1, -0.05) is 29.3 Å². The van der Waals surface area contributed by atoms with Gasteiger partial charge in [-0.2, -0.15) is 0 Å². The number of carbonyl (C=O) groups is 1. The summed E-state index contributed by atoms with van der Waals surface area (Å²) in [4.78, 5) is 12.5. The zero-order valence-corrected chi connectivity index (χ0v) is 12.8. The summed E-state index contributed by atoms with van der Waals surface area (Å²) in [6, 6.07) is 10.7. The minimum atomic E-state index is -0.167. The Kier molecular flexibility index (Phi) is 4.04. The number of anilines is 2. The van der Waals surface area contributed by atoms with E-state index < -0.39 is 0 Å². The molecule has 0 unspecified atom stereocenters. The quantitative estimate of drug-likeness (QED) is 0.848. The van der Waals surface area contributed by atoms with E-state index in [9.17, 15) is 4.79 Å². The number of hydrogen-bond acceptors (Lipinski definition) is 2. The van der Waals surface area contributed by atoms with Crippen LogP contribution in [0, 0.1) is 0 Å². The van der Waals surface area contributed by atoms with Crippen molar-refractivity contribution >= 4 is 40.5 Å².